The fourth-order valence-electron chi connectivity index (χ4n) is 3.09. The van der Waals surface area contributed by atoms with E-state index in [1.54, 1.807) is 9.80 Å². The molecule has 26 heavy (non-hydrogen) atoms. The average molecular weight is 355 g/mol. The molecule has 2 amide bonds. The molecule has 0 saturated carbocycles. The summed E-state index contributed by atoms with van der Waals surface area (Å²) < 4.78 is 13.0. The highest BCUT2D eigenvalue weighted by molar-refractivity contribution is 5.94. The van der Waals surface area contributed by atoms with Crippen molar-refractivity contribution in [3.05, 3.63) is 71.5 Å². The molecule has 1 atom stereocenters. The first-order valence-electron chi connectivity index (χ1n) is 8.68. The highest BCUT2D eigenvalue weighted by Crippen LogP contribution is 2.11. The number of hydrogen-bond donors (Lipinski definition) is 1. The van der Waals surface area contributed by atoms with Crippen molar-refractivity contribution in [2.24, 2.45) is 5.73 Å². The summed E-state index contributed by atoms with van der Waals surface area (Å²) in [4.78, 5) is 28.4. The third-order valence-corrected chi connectivity index (χ3v) is 4.59. The van der Waals surface area contributed by atoms with Crippen molar-refractivity contribution in [3.8, 4) is 0 Å². The van der Waals surface area contributed by atoms with E-state index in [0.29, 0.717) is 38.2 Å². The molecular formula is C20H22FN3O2. The van der Waals surface area contributed by atoms with Crippen molar-refractivity contribution in [1.29, 1.82) is 0 Å². The fourth-order valence-corrected chi connectivity index (χ4v) is 3.09. The second-order valence-corrected chi connectivity index (χ2v) is 6.42. The Morgan fingerprint density at radius 1 is 0.923 bits per heavy atom. The Labute approximate surface area is 152 Å². The molecule has 136 valence electrons. The third-order valence-electron chi connectivity index (χ3n) is 4.59. The quantitative estimate of drug-likeness (QED) is 0.907. The number of piperazine rings is 1. The zero-order valence-corrected chi connectivity index (χ0v) is 14.5. The summed E-state index contributed by atoms with van der Waals surface area (Å²) in [6.45, 7) is 1.79. The number of nitrogens with zero attached hydrogens (tertiary/aromatic N) is 2. The predicted molar refractivity (Wildman–Crippen MR) is 97.0 cm³/mol. The molecule has 0 bridgehead atoms. The first-order chi connectivity index (χ1) is 12.5. The number of carbonyl (C=O) groups is 2. The van der Waals surface area contributed by atoms with Gasteiger partial charge in [-0.1, -0.05) is 30.3 Å². The van der Waals surface area contributed by atoms with Crippen LogP contribution in [0.5, 0.6) is 0 Å². The number of hydrogen-bond acceptors (Lipinski definition) is 3. The third kappa shape index (κ3) is 4.26. The van der Waals surface area contributed by atoms with Gasteiger partial charge in [0.15, 0.2) is 0 Å². The van der Waals surface area contributed by atoms with Crippen LogP contribution in [-0.2, 0) is 11.2 Å². The van der Waals surface area contributed by atoms with Crippen LogP contribution in [0.15, 0.2) is 54.6 Å². The fraction of sp³-hybridized carbons (Fsp3) is 0.300. The highest BCUT2D eigenvalue weighted by Gasteiger charge is 2.27. The largest absolute Gasteiger partial charge is 0.338 e. The average Bonchev–Trinajstić information content (AvgIpc) is 2.68. The van der Waals surface area contributed by atoms with Gasteiger partial charge in [0.1, 0.15) is 5.82 Å². The minimum Gasteiger partial charge on any atom is -0.338 e. The van der Waals surface area contributed by atoms with Crippen LogP contribution in [0.2, 0.25) is 0 Å². The van der Waals surface area contributed by atoms with E-state index in [4.69, 9.17) is 5.73 Å². The van der Waals surface area contributed by atoms with Gasteiger partial charge in [-0.3, -0.25) is 9.59 Å². The Kier molecular flexibility index (Phi) is 5.63. The van der Waals surface area contributed by atoms with Gasteiger partial charge in [-0.15, -0.1) is 0 Å². The van der Waals surface area contributed by atoms with Crippen LogP contribution >= 0.6 is 0 Å². The van der Waals surface area contributed by atoms with Crippen molar-refractivity contribution < 1.29 is 14.0 Å². The normalized spacial score (nSPS) is 15.6. The Hall–Kier alpha value is -2.73. The minimum atomic E-state index is -0.586. The van der Waals surface area contributed by atoms with E-state index in [1.165, 1.54) is 24.3 Å². The Balaban J connectivity index is 1.53. The molecule has 0 radical (unpaired) electrons. The van der Waals surface area contributed by atoms with Gasteiger partial charge in [0.25, 0.3) is 5.91 Å². The number of amides is 2. The second-order valence-electron chi connectivity index (χ2n) is 6.42. The van der Waals surface area contributed by atoms with Gasteiger partial charge in [0, 0.05) is 31.7 Å². The van der Waals surface area contributed by atoms with Crippen molar-refractivity contribution in [2.75, 3.05) is 26.2 Å². The number of halogens is 1. The molecule has 1 aliphatic rings. The van der Waals surface area contributed by atoms with Crippen molar-refractivity contribution in [3.63, 3.8) is 0 Å². The summed E-state index contributed by atoms with van der Waals surface area (Å²) in [6, 6.07) is 14.6. The van der Waals surface area contributed by atoms with Crippen molar-refractivity contribution in [1.82, 2.24) is 9.80 Å². The maximum atomic E-state index is 13.0. The van der Waals surface area contributed by atoms with Crippen LogP contribution in [0, 0.1) is 5.82 Å². The maximum Gasteiger partial charge on any atom is 0.253 e. The summed E-state index contributed by atoms with van der Waals surface area (Å²) in [5.74, 6) is -0.613. The molecular weight excluding hydrogens is 333 g/mol. The topological polar surface area (TPSA) is 66.6 Å². The summed E-state index contributed by atoms with van der Waals surface area (Å²) in [5.41, 5.74) is 7.55. The molecule has 1 unspecified atom stereocenters. The molecule has 1 heterocycles. The van der Waals surface area contributed by atoms with Crippen molar-refractivity contribution >= 4 is 11.8 Å². The summed E-state index contributed by atoms with van der Waals surface area (Å²) in [5, 5.41) is 0. The van der Waals surface area contributed by atoms with E-state index in [1.807, 2.05) is 30.3 Å². The molecule has 1 saturated heterocycles. The van der Waals surface area contributed by atoms with Gasteiger partial charge in [-0.25, -0.2) is 4.39 Å². The Morgan fingerprint density at radius 3 is 2.12 bits per heavy atom. The molecule has 3 rings (SSSR count). The predicted octanol–water partition coefficient (Wildman–Crippen LogP) is 1.68. The molecule has 2 N–H and O–H groups in total. The lowest BCUT2D eigenvalue weighted by Gasteiger charge is -2.36. The Bertz CT molecular complexity index is 756. The number of nitrogens with two attached hydrogens (primary N) is 1. The van der Waals surface area contributed by atoms with E-state index >= 15 is 0 Å². The van der Waals surface area contributed by atoms with Gasteiger partial charge in [0.05, 0.1) is 6.04 Å². The molecule has 1 aliphatic heterocycles. The maximum absolute atomic E-state index is 13.0. The van der Waals surface area contributed by atoms with Gasteiger partial charge in [0.2, 0.25) is 5.91 Å². The van der Waals surface area contributed by atoms with Gasteiger partial charge in [-0.2, -0.15) is 0 Å². The van der Waals surface area contributed by atoms with Crippen LogP contribution in [0.25, 0.3) is 0 Å². The minimum absolute atomic E-state index is 0.0947. The summed E-state index contributed by atoms with van der Waals surface area (Å²) in [7, 11) is 0. The lowest BCUT2D eigenvalue weighted by Crippen LogP contribution is -2.54. The number of benzene rings is 2. The van der Waals surface area contributed by atoms with E-state index in [9.17, 15) is 14.0 Å². The molecule has 0 aliphatic carbocycles. The molecule has 2 aromatic rings. The van der Waals surface area contributed by atoms with Crippen LogP contribution < -0.4 is 5.73 Å². The molecule has 1 fully saturated rings. The SMILES string of the molecule is NC(Cc1ccccc1)C(=O)N1CCN(C(=O)c2ccc(F)cc2)CC1. The number of carbonyl (C=O) groups excluding carboxylic acids is 2. The van der Waals surface area contributed by atoms with Crippen LogP contribution in [0.3, 0.4) is 0 Å². The number of rotatable bonds is 4. The molecule has 5 nitrogen and oxygen atoms in total. The Morgan fingerprint density at radius 2 is 1.50 bits per heavy atom. The van der Waals surface area contributed by atoms with Gasteiger partial charge in [-0.05, 0) is 36.2 Å². The van der Waals surface area contributed by atoms with E-state index in [-0.39, 0.29) is 17.6 Å². The molecule has 6 heteroatoms. The molecule has 2 aromatic carbocycles. The summed E-state index contributed by atoms with van der Waals surface area (Å²) in [6.07, 6.45) is 0.494. The zero-order chi connectivity index (χ0) is 18.5. The van der Waals surface area contributed by atoms with Gasteiger partial charge >= 0.3 is 0 Å². The van der Waals surface area contributed by atoms with Crippen molar-refractivity contribution in [2.45, 2.75) is 12.5 Å². The lowest BCUT2D eigenvalue weighted by molar-refractivity contribution is -0.134. The van der Waals surface area contributed by atoms with E-state index in [2.05, 4.69) is 0 Å². The van der Waals surface area contributed by atoms with E-state index in [0.717, 1.165) is 5.56 Å². The first-order valence-corrected chi connectivity index (χ1v) is 8.68. The van der Waals surface area contributed by atoms with E-state index < -0.39 is 6.04 Å². The zero-order valence-electron chi connectivity index (χ0n) is 14.5. The summed E-state index contributed by atoms with van der Waals surface area (Å²) >= 11 is 0. The van der Waals surface area contributed by atoms with Crippen LogP contribution in [-0.4, -0.2) is 53.8 Å². The second kappa shape index (κ2) is 8.10. The lowest BCUT2D eigenvalue weighted by atomic mass is 10.1. The van der Waals surface area contributed by atoms with Gasteiger partial charge < -0.3 is 15.5 Å². The smallest absolute Gasteiger partial charge is 0.253 e. The monoisotopic (exact) mass is 355 g/mol. The highest BCUT2D eigenvalue weighted by atomic mass is 19.1. The van der Waals surface area contributed by atoms with Crippen LogP contribution in [0.4, 0.5) is 4.39 Å². The molecule has 0 spiro atoms. The standard InChI is InChI=1S/C20H22FN3O2/c21-17-8-6-16(7-9-17)19(25)23-10-12-24(13-11-23)20(26)18(22)14-15-4-2-1-3-5-15/h1-9,18H,10-14,22H2. The first kappa shape index (κ1) is 18.1. The molecule has 0 aromatic heterocycles. The van der Waals surface area contributed by atoms with Crippen LogP contribution in [0.1, 0.15) is 15.9 Å².